The van der Waals surface area contributed by atoms with Gasteiger partial charge in [0.2, 0.25) is 0 Å². The summed E-state index contributed by atoms with van der Waals surface area (Å²) in [6.45, 7) is 1.32. The SMILES string of the molecule is FC(F)(F)c1cccc(CNCC2CCC(Cl)CC2)c1. The lowest BCUT2D eigenvalue weighted by Gasteiger charge is -2.25. The molecule has 5 heteroatoms. The van der Waals surface area contributed by atoms with Gasteiger partial charge in [-0.25, -0.2) is 0 Å². The van der Waals surface area contributed by atoms with Gasteiger partial charge in [-0.2, -0.15) is 13.2 Å². The van der Waals surface area contributed by atoms with Gasteiger partial charge in [-0.3, -0.25) is 0 Å². The summed E-state index contributed by atoms with van der Waals surface area (Å²) in [4.78, 5) is 0. The number of hydrogen-bond donors (Lipinski definition) is 1. The zero-order valence-corrected chi connectivity index (χ0v) is 12.0. The average molecular weight is 306 g/mol. The molecule has 0 spiro atoms. The summed E-state index contributed by atoms with van der Waals surface area (Å²) in [5.74, 6) is 0.593. The van der Waals surface area contributed by atoms with Gasteiger partial charge in [-0.15, -0.1) is 11.6 Å². The summed E-state index contributed by atoms with van der Waals surface area (Å²) >= 11 is 6.05. The third kappa shape index (κ3) is 4.67. The van der Waals surface area contributed by atoms with Crippen molar-refractivity contribution in [3.63, 3.8) is 0 Å². The number of nitrogens with one attached hydrogen (secondary N) is 1. The molecule has 0 aliphatic heterocycles. The molecule has 0 atom stereocenters. The number of benzene rings is 1. The van der Waals surface area contributed by atoms with Crippen molar-refractivity contribution in [1.29, 1.82) is 0 Å². The highest BCUT2D eigenvalue weighted by molar-refractivity contribution is 6.20. The Morgan fingerprint density at radius 3 is 2.50 bits per heavy atom. The first-order valence-electron chi connectivity index (χ1n) is 6.96. The van der Waals surface area contributed by atoms with Crippen molar-refractivity contribution < 1.29 is 13.2 Å². The largest absolute Gasteiger partial charge is 0.416 e. The van der Waals surface area contributed by atoms with Gasteiger partial charge in [0.15, 0.2) is 0 Å². The number of alkyl halides is 4. The molecule has 0 saturated heterocycles. The molecular formula is C15H19ClF3N. The number of hydrogen-bond acceptors (Lipinski definition) is 1. The normalized spacial score (nSPS) is 23.8. The van der Waals surface area contributed by atoms with Crippen molar-refractivity contribution in [2.45, 2.75) is 43.8 Å². The van der Waals surface area contributed by atoms with Crippen LogP contribution in [0.3, 0.4) is 0 Å². The Hall–Kier alpha value is -0.740. The Morgan fingerprint density at radius 1 is 1.15 bits per heavy atom. The van der Waals surface area contributed by atoms with Crippen LogP contribution in [0.25, 0.3) is 0 Å². The van der Waals surface area contributed by atoms with Crippen LogP contribution in [0.2, 0.25) is 0 Å². The smallest absolute Gasteiger partial charge is 0.312 e. The highest BCUT2D eigenvalue weighted by atomic mass is 35.5. The molecule has 0 amide bonds. The monoisotopic (exact) mass is 305 g/mol. The van der Waals surface area contributed by atoms with E-state index < -0.39 is 11.7 Å². The molecule has 1 aliphatic carbocycles. The fourth-order valence-electron chi connectivity index (χ4n) is 2.60. The minimum absolute atomic E-state index is 0.301. The Labute approximate surface area is 122 Å². The van der Waals surface area contributed by atoms with Gasteiger partial charge >= 0.3 is 6.18 Å². The fourth-order valence-corrected chi connectivity index (χ4v) is 2.86. The maximum atomic E-state index is 12.6. The van der Waals surface area contributed by atoms with E-state index in [1.54, 1.807) is 6.07 Å². The van der Waals surface area contributed by atoms with E-state index in [1.807, 2.05) is 0 Å². The van der Waals surface area contributed by atoms with E-state index in [-0.39, 0.29) is 0 Å². The van der Waals surface area contributed by atoms with Crippen LogP contribution >= 0.6 is 11.6 Å². The van der Waals surface area contributed by atoms with Gasteiger partial charge in [-0.05, 0) is 49.8 Å². The molecule has 0 radical (unpaired) electrons. The molecule has 1 N–H and O–H groups in total. The minimum atomic E-state index is -4.27. The quantitative estimate of drug-likeness (QED) is 0.802. The first kappa shape index (κ1) is 15.6. The van der Waals surface area contributed by atoms with E-state index in [4.69, 9.17) is 11.6 Å². The topological polar surface area (TPSA) is 12.0 Å². The van der Waals surface area contributed by atoms with Crippen LogP contribution in [0, 0.1) is 5.92 Å². The molecule has 1 aromatic rings. The van der Waals surface area contributed by atoms with Gasteiger partial charge in [0.1, 0.15) is 0 Å². The van der Waals surface area contributed by atoms with Crippen LogP contribution in [0.1, 0.15) is 36.8 Å². The summed E-state index contributed by atoms with van der Waals surface area (Å²) in [6, 6.07) is 5.49. The molecule has 1 nitrogen and oxygen atoms in total. The summed E-state index contributed by atoms with van der Waals surface area (Å²) in [5.41, 5.74) is 0.0882. The van der Waals surface area contributed by atoms with Gasteiger partial charge in [0.25, 0.3) is 0 Å². The van der Waals surface area contributed by atoms with Crippen LogP contribution in [-0.4, -0.2) is 11.9 Å². The molecule has 1 fully saturated rings. The van der Waals surface area contributed by atoms with Crippen LogP contribution in [0.15, 0.2) is 24.3 Å². The first-order valence-corrected chi connectivity index (χ1v) is 7.39. The molecule has 0 bridgehead atoms. The Morgan fingerprint density at radius 2 is 1.85 bits per heavy atom. The summed E-state index contributed by atoms with van der Waals surface area (Å²) in [5, 5.41) is 3.56. The van der Waals surface area contributed by atoms with Crippen molar-refractivity contribution >= 4 is 11.6 Å². The van der Waals surface area contributed by atoms with E-state index in [2.05, 4.69) is 5.32 Å². The lowest BCUT2D eigenvalue weighted by atomic mass is 9.89. The van der Waals surface area contributed by atoms with Crippen molar-refractivity contribution in [2.24, 2.45) is 5.92 Å². The van der Waals surface area contributed by atoms with Crippen LogP contribution in [0.5, 0.6) is 0 Å². The fraction of sp³-hybridized carbons (Fsp3) is 0.600. The zero-order chi connectivity index (χ0) is 14.6. The van der Waals surface area contributed by atoms with E-state index in [1.165, 1.54) is 12.1 Å². The maximum Gasteiger partial charge on any atom is 0.416 e. The minimum Gasteiger partial charge on any atom is -0.312 e. The Balaban J connectivity index is 1.79. The Kier molecular flexibility index (Phi) is 5.33. The third-order valence-electron chi connectivity index (χ3n) is 3.79. The third-order valence-corrected chi connectivity index (χ3v) is 4.23. The van der Waals surface area contributed by atoms with E-state index in [9.17, 15) is 13.2 Å². The molecule has 1 saturated carbocycles. The van der Waals surface area contributed by atoms with E-state index >= 15 is 0 Å². The molecule has 2 rings (SSSR count). The lowest BCUT2D eigenvalue weighted by molar-refractivity contribution is -0.137. The molecule has 1 aliphatic rings. The standard InChI is InChI=1S/C15H19ClF3N/c16-14-6-4-11(5-7-14)9-20-10-12-2-1-3-13(8-12)15(17,18)19/h1-3,8,11,14,20H,4-7,9-10H2. The molecule has 20 heavy (non-hydrogen) atoms. The average Bonchev–Trinajstić information content (AvgIpc) is 2.40. The Bertz CT molecular complexity index is 425. The van der Waals surface area contributed by atoms with Gasteiger partial charge in [-0.1, -0.05) is 18.2 Å². The summed E-state index contributed by atoms with van der Waals surface area (Å²) in [7, 11) is 0. The highest BCUT2D eigenvalue weighted by Crippen LogP contribution is 2.30. The second-order valence-electron chi connectivity index (χ2n) is 5.45. The molecular weight excluding hydrogens is 287 g/mol. The molecule has 112 valence electrons. The van der Waals surface area contributed by atoms with Gasteiger partial charge in [0, 0.05) is 11.9 Å². The van der Waals surface area contributed by atoms with Gasteiger partial charge < -0.3 is 5.32 Å². The van der Waals surface area contributed by atoms with Crippen molar-refractivity contribution in [2.75, 3.05) is 6.54 Å². The number of halogens is 4. The summed E-state index contributed by atoms with van der Waals surface area (Å²) in [6.07, 6.45) is 0.0111. The van der Waals surface area contributed by atoms with Crippen LogP contribution in [-0.2, 0) is 12.7 Å². The van der Waals surface area contributed by atoms with Crippen molar-refractivity contribution in [3.8, 4) is 0 Å². The van der Waals surface area contributed by atoms with E-state index in [0.717, 1.165) is 38.3 Å². The summed E-state index contributed by atoms with van der Waals surface area (Å²) < 4.78 is 37.8. The van der Waals surface area contributed by atoms with Crippen LogP contribution in [0.4, 0.5) is 13.2 Å². The van der Waals surface area contributed by atoms with Crippen molar-refractivity contribution in [1.82, 2.24) is 5.32 Å². The van der Waals surface area contributed by atoms with E-state index in [0.29, 0.717) is 23.4 Å². The second-order valence-corrected chi connectivity index (χ2v) is 6.06. The number of rotatable bonds is 4. The van der Waals surface area contributed by atoms with Crippen molar-refractivity contribution in [3.05, 3.63) is 35.4 Å². The predicted octanol–water partition coefficient (Wildman–Crippen LogP) is 4.59. The lowest BCUT2D eigenvalue weighted by Crippen LogP contribution is -2.26. The molecule has 1 aromatic carbocycles. The first-order chi connectivity index (χ1) is 9.45. The highest BCUT2D eigenvalue weighted by Gasteiger charge is 2.30. The predicted molar refractivity (Wildman–Crippen MR) is 74.7 cm³/mol. The zero-order valence-electron chi connectivity index (χ0n) is 11.2. The van der Waals surface area contributed by atoms with Gasteiger partial charge in [0.05, 0.1) is 5.56 Å². The molecule has 0 unspecified atom stereocenters. The molecule has 0 heterocycles. The molecule has 0 aromatic heterocycles. The van der Waals surface area contributed by atoms with Crippen LogP contribution < -0.4 is 5.32 Å². The second kappa shape index (κ2) is 6.81. The maximum absolute atomic E-state index is 12.6.